The fraction of sp³-hybridized carbons (Fsp3) is 0.333. The molecule has 0 bridgehead atoms. The molecule has 0 saturated heterocycles. The van der Waals surface area contributed by atoms with Crippen LogP contribution in [0.4, 0.5) is 10.1 Å². The fourth-order valence-electron chi connectivity index (χ4n) is 1.71. The molecule has 1 atom stereocenters. The average Bonchev–Trinajstić information content (AvgIpc) is 2.70. The van der Waals surface area contributed by atoms with Crippen LogP contribution in [0.2, 0.25) is 0 Å². The van der Waals surface area contributed by atoms with Gasteiger partial charge < -0.3 is 5.73 Å². The number of nitrogens with zero attached hydrogens (tertiary/aromatic N) is 2. The Morgan fingerprint density at radius 3 is 2.94 bits per heavy atom. The van der Waals surface area contributed by atoms with Crippen molar-refractivity contribution in [1.82, 2.24) is 5.32 Å². The number of hydrogen-bond acceptors (Lipinski definition) is 4. The second kappa shape index (κ2) is 4.73. The number of aliphatic imine (C=N–C) groups is 2. The normalized spacial score (nSPS) is 20.6. The monoisotopic (exact) mass is 234 g/mol. The molecule has 1 aliphatic heterocycles. The summed E-state index contributed by atoms with van der Waals surface area (Å²) in [6, 6.07) is 4.75. The first-order valence-corrected chi connectivity index (χ1v) is 5.43. The number of halogens is 1. The summed E-state index contributed by atoms with van der Waals surface area (Å²) >= 11 is 0. The number of benzene rings is 1. The Labute approximate surface area is 99.5 Å². The minimum atomic E-state index is -0.264. The molecule has 0 spiro atoms. The Hall–Kier alpha value is -1.59. The van der Waals surface area contributed by atoms with Crippen molar-refractivity contribution in [2.24, 2.45) is 15.7 Å². The van der Waals surface area contributed by atoms with Gasteiger partial charge in [-0.05, 0) is 37.6 Å². The predicted molar refractivity (Wildman–Crippen MR) is 67.3 cm³/mol. The van der Waals surface area contributed by atoms with Crippen LogP contribution in [0.1, 0.15) is 12.5 Å². The van der Waals surface area contributed by atoms with E-state index in [1.165, 1.54) is 6.07 Å². The molecule has 2 rings (SSSR count). The topological polar surface area (TPSA) is 62.8 Å². The second-order valence-corrected chi connectivity index (χ2v) is 4.01. The molecule has 0 aromatic heterocycles. The first-order chi connectivity index (χ1) is 8.08. The highest BCUT2D eigenvalue weighted by atomic mass is 19.1. The van der Waals surface area contributed by atoms with Gasteiger partial charge in [0, 0.05) is 0 Å². The molecule has 1 aromatic rings. The van der Waals surface area contributed by atoms with E-state index in [1.807, 2.05) is 6.92 Å². The third-order valence-corrected chi connectivity index (χ3v) is 2.66. The van der Waals surface area contributed by atoms with E-state index in [9.17, 15) is 4.39 Å². The maximum absolute atomic E-state index is 13.1. The Morgan fingerprint density at radius 2 is 2.35 bits per heavy atom. The summed E-state index contributed by atoms with van der Waals surface area (Å²) in [4.78, 5) is 8.62. The molecule has 1 heterocycles. The maximum atomic E-state index is 13.1. The molecule has 0 amide bonds. The van der Waals surface area contributed by atoms with Crippen molar-refractivity contribution in [3.63, 3.8) is 0 Å². The van der Waals surface area contributed by atoms with Crippen LogP contribution in [0.25, 0.3) is 0 Å². The summed E-state index contributed by atoms with van der Waals surface area (Å²) < 4.78 is 13.1. The van der Waals surface area contributed by atoms with Crippen molar-refractivity contribution in [2.75, 3.05) is 6.67 Å². The van der Waals surface area contributed by atoms with Gasteiger partial charge in [-0.15, -0.1) is 0 Å². The largest absolute Gasteiger partial charge is 0.311 e. The van der Waals surface area contributed by atoms with E-state index >= 15 is 0 Å². The van der Waals surface area contributed by atoms with Crippen LogP contribution >= 0.6 is 0 Å². The van der Waals surface area contributed by atoms with Crippen LogP contribution in [0.15, 0.2) is 28.2 Å². The van der Waals surface area contributed by atoms with Crippen LogP contribution in [-0.2, 0) is 0 Å². The van der Waals surface area contributed by atoms with Gasteiger partial charge in [0.15, 0.2) is 0 Å². The number of rotatable bonds is 2. The molecule has 5 heteroatoms. The molecule has 1 aliphatic rings. The van der Waals surface area contributed by atoms with Gasteiger partial charge in [-0.3, -0.25) is 15.3 Å². The zero-order valence-electron chi connectivity index (χ0n) is 9.87. The summed E-state index contributed by atoms with van der Waals surface area (Å²) in [7, 11) is 0. The van der Waals surface area contributed by atoms with Crippen molar-refractivity contribution in [3.8, 4) is 0 Å². The molecule has 4 nitrogen and oxygen atoms in total. The zero-order chi connectivity index (χ0) is 12.4. The van der Waals surface area contributed by atoms with Crippen LogP contribution in [-0.4, -0.2) is 24.3 Å². The molecule has 0 fully saturated rings. The minimum Gasteiger partial charge on any atom is -0.311 e. The SMILES string of the molecule is C/C(=N/c1ccc(F)c(C)c1)C1=NCNC1N. The second-order valence-electron chi connectivity index (χ2n) is 4.01. The standard InChI is InChI=1S/C12H15FN4/c1-7-5-9(3-4-10(7)13)17-8(2)11-12(14)16-6-15-11/h3-5,12,16H,6,14H2,1-2H3/b17-8-. The highest BCUT2D eigenvalue weighted by Crippen LogP contribution is 2.17. The molecule has 0 saturated carbocycles. The van der Waals surface area contributed by atoms with Crippen molar-refractivity contribution in [3.05, 3.63) is 29.6 Å². The molecule has 90 valence electrons. The van der Waals surface area contributed by atoms with E-state index in [0.29, 0.717) is 17.9 Å². The Morgan fingerprint density at radius 1 is 1.59 bits per heavy atom. The lowest BCUT2D eigenvalue weighted by Gasteiger charge is -2.07. The summed E-state index contributed by atoms with van der Waals surface area (Å²) in [6.07, 6.45) is -0.264. The van der Waals surface area contributed by atoms with E-state index in [-0.39, 0.29) is 12.0 Å². The van der Waals surface area contributed by atoms with Gasteiger partial charge in [-0.25, -0.2) is 4.39 Å². The zero-order valence-corrected chi connectivity index (χ0v) is 9.87. The average molecular weight is 234 g/mol. The van der Waals surface area contributed by atoms with Gasteiger partial charge in [-0.1, -0.05) is 0 Å². The third kappa shape index (κ3) is 2.57. The molecule has 0 aliphatic carbocycles. The molecular weight excluding hydrogens is 219 g/mol. The summed E-state index contributed by atoms with van der Waals surface area (Å²) in [5.41, 5.74) is 8.61. The van der Waals surface area contributed by atoms with Gasteiger partial charge in [0.2, 0.25) is 0 Å². The number of nitrogens with one attached hydrogen (secondary N) is 1. The van der Waals surface area contributed by atoms with Gasteiger partial charge in [0.25, 0.3) is 0 Å². The van der Waals surface area contributed by atoms with Gasteiger partial charge >= 0.3 is 0 Å². The van der Waals surface area contributed by atoms with Gasteiger partial charge in [0.05, 0.1) is 23.8 Å². The molecule has 17 heavy (non-hydrogen) atoms. The quantitative estimate of drug-likeness (QED) is 0.762. The van der Waals surface area contributed by atoms with Crippen LogP contribution in [0.5, 0.6) is 0 Å². The first kappa shape index (κ1) is 11.9. The lowest BCUT2D eigenvalue weighted by molar-refractivity contribution is 0.618. The van der Waals surface area contributed by atoms with E-state index in [4.69, 9.17) is 5.73 Å². The summed E-state index contributed by atoms with van der Waals surface area (Å²) in [5.74, 6) is -0.224. The summed E-state index contributed by atoms with van der Waals surface area (Å²) in [5, 5.41) is 2.99. The van der Waals surface area contributed by atoms with E-state index < -0.39 is 0 Å². The van der Waals surface area contributed by atoms with Gasteiger partial charge in [0.1, 0.15) is 12.0 Å². The molecular formula is C12H15FN4. The number of hydrogen-bond donors (Lipinski definition) is 2. The molecule has 1 aromatic carbocycles. The van der Waals surface area contributed by atoms with Crippen molar-refractivity contribution < 1.29 is 4.39 Å². The fourth-order valence-corrected chi connectivity index (χ4v) is 1.71. The first-order valence-electron chi connectivity index (χ1n) is 5.43. The molecule has 0 radical (unpaired) electrons. The van der Waals surface area contributed by atoms with Crippen LogP contribution in [0, 0.1) is 12.7 Å². The Kier molecular flexibility index (Phi) is 3.31. The molecule has 3 N–H and O–H groups in total. The minimum absolute atomic E-state index is 0.224. The molecule has 1 unspecified atom stereocenters. The van der Waals surface area contributed by atoms with Crippen molar-refractivity contribution >= 4 is 17.1 Å². The maximum Gasteiger partial charge on any atom is 0.126 e. The highest BCUT2D eigenvalue weighted by Gasteiger charge is 2.18. The van der Waals surface area contributed by atoms with E-state index in [1.54, 1.807) is 19.1 Å². The smallest absolute Gasteiger partial charge is 0.126 e. The van der Waals surface area contributed by atoms with Crippen LogP contribution in [0.3, 0.4) is 0 Å². The van der Waals surface area contributed by atoms with E-state index in [0.717, 1.165) is 11.4 Å². The van der Waals surface area contributed by atoms with Crippen LogP contribution < -0.4 is 11.1 Å². The Bertz CT molecular complexity index is 493. The highest BCUT2D eigenvalue weighted by molar-refractivity contribution is 6.44. The van der Waals surface area contributed by atoms with Crippen molar-refractivity contribution in [1.29, 1.82) is 0 Å². The number of aryl methyl sites for hydroxylation is 1. The lowest BCUT2D eigenvalue weighted by atomic mass is 10.2. The van der Waals surface area contributed by atoms with Gasteiger partial charge in [-0.2, -0.15) is 0 Å². The van der Waals surface area contributed by atoms with E-state index in [2.05, 4.69) is 15.3 Å². The number of nitrogens with two attached hydrogens (primary N) is 1. The summed E-state index contributed by atoms with van der Waals surface area (Å²) in [6.45, 7) is 4.08. The van der Waals surface area contributed by atoms with Crippen molar-refractivity contribution in [2.45, 2.75) is 20.0 Å². The predicted octanol–water partition coefficient (Wildman–Crippen LogP) is 1.51. The Balaban J connectivity index is 2.26. The lowest BCUT2D eigenvalue weighted by Crippen LogP contribution is -2.41. The third-order valence-electron chi connectivity index (χ3n) is 2.66.